The summed E-state index contributed by atoms with van der Waals surface area (Å²) in [4.78, 5) is 36.0. The van der Waals surface area contributed by atoms with Gasteiger partial charge in [-0.1, -0.05) is 0 Å². The Hall–Kier alpha value is -0.200. The second-order valence-corrected chi connectivity index (χ2v) is 2.71. The molecule has 0 amide bonds. The second-order valence-electron chi connectivity index (χ2n) is 2.71. The molecule has 0 unspecified atom stereocenters. The maximum absolute atomic E-state index is 9.00. The Bertz CT molecular complexity index is 212. The predicted molar refractivity (Wildman–Crippen MR) is 69.4 cm³/mol. The number of carboxylic acids is 4. The van der Waals surface area contributed by atoms with Crippen molar-refractivity contribution in [2.24, 2.45) is 0 Å². The smallest absolute Gasteiger partial charge is 1.00 e. The van der Waals surface area contributed by atoms with E-state index < -0.39 is 30.2 Å². The number of aliphatic carboxylic acids is 4. The van der Waals surface area contributed by atoms with Gasteiger partial charge in [-0.3, -0.25) is 19.2 Å². The van der Waals surface area contributed by atoms with Crippen LogP contribution < -0.4 is 59.1 Å². The molecule has 0 aliphatic rings. The van der Waals surface area contributed by atoms with Crippen molar-refractivity contribution in [3.63, 3.8) is 0 Å². The number of rotatable bonds is 0. The average molecular weight is 350 g/mol. The third kappa shape index (κ3) is 175000. The van der Waals surface area contributed by atoms with Crippen molar-refractivity contribution in [1.29, 1.82) is 0 Å². The van der Waals surface area contributed by atoms with Crippen LogP contribution in [0, 0.1) is 0 Å². The molecule has 12 heteroatoms. The summed E-state index contributed by atoms with van der Waals surface area (Å²) in [5.74, 6) is -3.33. The molecule has 0 radical (unpaired) electrons. The summed E-state index contributed by atoms with van der Waals surface area (Å²) in [7, 11) is 0. The van der Waals surface area contributed by atoms with Crippen LogP contribution in [0.2, 0.25) is 0 Å². The summed E-state index contributed by atoms with van der Waals surface area (Å²) in [5.41, 5.74) is 0. The third-order valence-electron chi connectivity index (χ3n) is 0. The predicted octanol–water partition coefficient (Wildman–Crippen LogP) is -6.09. The van der Waals surface area contributed by atoms with Crippen LogP contribution >= 0.6 is 0 Å². The molecule has 0 aromatic carbocycles. The average Bonchev–Trinajstić information content (AvgIpc) is 1.94. The van der Waals surface area contributed by atoms with Gasteiger partial charge in [0.25, 0.3) is 23.9 Å². The monoisotopic (exact) mass is 350 g/mol. The molecule has 0 rings (SSSR count). The van der Waals surface area contributed by atoms with Crippen LogP contribution in [0.5, 0.6) is 0 Å². The molecule has 0 aromatic rings. The van der Waals surface area contributed by atoms with E-state index in [1.165, 1.54) is 6.92 Å². The normalized spacial score (nSPS) is 6.18. The quantitative estimate of drug-likeness (QED) is 0.181. The van der Waals surface area contributed by atoms with Gasteiger partial charge in [-0.05, 0) is 6.92 Å². The summed E-state index contributed by atoms with van der Waals surface area (Å²) < 4.78 is 0. The van der Waals surface area contributed by atoms with E-state index >= 15 is 0 Å². The van der Waals surface area contributed by atoms with E-state index in [1.54, 1.807) is 0 Å². The maximum Gasteiger partial charge on any atom is 1.00 e. The van der Waals surface area contributed by atoms with E-state index in [-0.39, 0.29) is 62.0 Å². The summed E-state index contributed by atoms with van der Waals surface area (Å²) in [6.45, 7) is 5.61. The van der Waals surface area contributed by atoms with Crippen LogP contribution in [0.3, 0.4) is 0 Å². The molecule has 0 spiro atoms. The van der Waals surface area contributed by atoms with Gasteiger partial charge >= 0.3 is 59.1 Å². The Kier molecular flexibility index (Phi) is 72.9. The first kappa shape index (κ1) is 43.1. The molecule has 0 bridgehead atoms. The fourth-order valence-corrected chi connectivity index (χ4v) is 0. The molecule has 0 fully saturated rings. The zero-order chi connectivity index (χ0) is 17.9. The van der Waals surface area contributed by atoms with Crippen molar-refractivity contribution in [2.45, 2.75) is 40.9 Å². The van der Waals surface area contributed by atoms with Crippen molar-refractivity contribution in [3.05, 3.63) is 0 Å². The molecule has 0 aliphatic heterocycles. The van der Waals surface area contributed by atoms with Crippen molar-refractivity contribution in [2.75, 3.05) is 0 Å². The first-order chi connectivity index (χ1) is 8.66. The number of hydrogen-bond acceptors (Lipinski definition) is 6. The molecule has 0 heterocycles. The molecule has 126 valence electrons. The van der Waals surface area contributed by atoms with E-state index in [2.05, 4.69) is 0 Å². The summed E-state index contributed by atoms with van der Waals surface area (Å²) in [5, 5.41) is 44.9. The number of carboxylic acid groups (broad SMARTS) is 4. The van der Waals surface area contributed by atoms with Gasteiger partial charge in [0, 0.05) is 27.7 Å². The van der Waals surface area contributed by atoms with Crippen LogP contribution in [0.1, 0.15) is 37.5 Å². The Labute approximate surface area is 175 Å². The van der Waals surface area contributed by atoms with E-state index in [0.29, 0.717) is 0 Å². The summed E-state index contributed by atoms with van der Waals surface area (Å²) >= 11 is 0. The largest absolute Gasteiger partial charge is 1.00 e. The van der Waals surface area contributed by atoms with Crippen LogP contribution in [-0.2, 0) is 19.2 Å². The number of carbonyl (C=O) groups is 4. The summed E-state index contributed by atoms with van der Waals surface area (Å²) in [6, 6.07) is 0. The summed E-state index contributed by atoms with van der Waals surface area (Å²) in [6.07, 6.45) is -1.17. The molecule has 0 atom stereocenters. The zero-order valence-corrected chi connectivity index (χ0v) is 17.9. The maximum atomic E-state index is 9.00. The van der Waals surface area contributed by atoms with Crippen LogP contribution in [-0.4, -0.2) is 60.8 Å². The molecule has 0 aliphatic carbocycles. The Morgan fingerprint density at radius 3 is 0.636 bits per heavy atom. The van der Waals surface area contributed by atoms with Gasteiger partial charge in [0.15, 0.2) is 0 Å². The molecular formula is C10H24Na2O10. The van der Waals surface area contributed by atoms with Gasteiger partial charge in [0.05, 0.1) is 0 Å². The fourth-order valence-electron chi connectivity index (χ4n) is 0. The zero-order valence-electron chi connectivity index (χ0n) is 15.9. The molecule has 6 N–H and O–H groups in total. The van der Waals surface area contributed by atoms with Gasteiger partial charge in [-0.25, -0.2) is 0 Å². The second kappa shape index (κ2) is 37.2. The minimum Gasteiger partial charge on any atom is -1.00 e. The Balaban J connectivity index is -0.0000000161. The number of aliphatic hydroxyl groups is 2. The molecule has 0 saturated carbocycles. The fraction of sp³-hybridized carbons (Fsp3) is 0.600. The van der Waals surface area contributed by atoms with Crippen molar-refractivity contribution in [1.82, 2.24) is 0 Å². The van der Waals surface area contributed by atoms with Gasteiger partial charge in [0.1, 0.15) is 6.29 Å². The third-order valence-corrected chi connectivity index (χ3v) is 0. The molecule has 0 aromatic heterocycles. The SMILES string of the molecule is CC(=O)O.CC(=O)O.CC(=O)O.CC(=O)O.CC(O)O.[H-].[H-].[Na+].[Na+]. The van der Waals surface area contributed by atoms with Gasteiger partial charge in [0.2, 0.25) is 0 Å². The standard InChI is InChI=1S/C2H6O2.4C2H4O2.2Na.2H/c5*1-2(3)4;;;;/h2-4H,1H3;4*1H3,(H,3,4);;;;/q;;;;;2*+1;2*-1. The van der Waals surface area contributed by atoms with E-state index in [1.807, 2.05) is 0 Å². The van der Waals surface area contributed by atoms with E-state index in [9.17, 15) is 0 Å². The molecule has 10 nitrogen and oxygen atoms in total. The number of hydrogen-bond donors (Lipinski definition) is 6. The topological polar surface area (TPSA) is 190 Å². The molecule has 22 heavy (non-hydrogen) atoms. The Morgan fingerprint density at radius 2 is 0.636 bits per heavy atom. The van der Waals surface area contributed by atoms with Gasteiger partial charge in [-0.2, -0.15) is 0 Å². The molecule has 0 saturated heterocycles. The van der Waals surface area contributed by atoms with E-state index in [0.717, 1.165) is 27.7 Å². The van der Waals surface area contributed by atoms with Gasteiger partial charge < -0.3 is 33.5 Å². The van der Waals surface area contributed by atoms with Gasteiger partial charge in [-0.15, -0.1) is 0 Å². The van der Waals surface area contributed by atoms with Crippen LogP contribution in [0.15, 0.2) is 0 Å². The van der Waals surface area contributed by atoms with Crippen molar-refractivity contribution in [3.8, 4) is 0 Å². The Morgan fingerprint density at radius 1 is 0.636 bits per heavy atom. The van der Waals surface area contributed by atoms with Crippen LogP contribution in [0.25, 0.3) is 0 Å². The number of aliphatic hydroxyl groups excluding tert-OH is 1. The first-order valence-electron chi connectivity index (χ1n) is 4.80. The van der Waals surface area contributed by atoms with Crippen LogP contribution in [0.4, 0.5) is 0 Å². The first-order valence-corrected chi connectivity index (χ1v) is 4.80. The van der Waals surface area contributed by atoms with Crippen molar-refractivity contribution >= 4 is 23.9 Å². The van der Waals surface area contributed by atoms with E-state index in [4.69, 9.17) is 49.8 Å². The minimum absolute atomic E-state index is 0. The minimum atomic E-state index is -1.17. The molecular weight excluding hydrogens is 326 g/mol. The van der Waals surface area contributed by atoms with Crippen molar-refractivity contribution < 1.29 is 112 Å².